The van der Waals surface area contributed by atoms with Gasteiger partial charge in [-0.1, -0.05) is 32.1 Å². The van der Waals surface area contributed by atoms with Crippen molar-refractivity contribution in [2.45, 2.75) is 45.0 Å². The molecule has 104 valence electrons. The molecule has 1 aliphatic heterocycles. The van der Waals surface area contributed by atoms with Crippen molar-refractivity contribution in [1.29, 1.82) is 0 Å². The number of ether oxygens (including phenoxy) is 1. The largest absolute Gasteiger partial charge is 0.458 e. The molecule has 0 radical (unpaired) electrons. The Hall–Kier alpha value is -1.13. The molecule has 0 amide bonds. The lowest BCUT2D eigenvalue weighted by Crippen LogP contribution is -2.50. The van der Waals surface area contributed by atoms with E-state index in [0.29, 0.717) is 18.4 Å². The van der Waals surface area contributed by atoms with Crippen molar-refractivity contribution in [3.8, 4) is 0 Å². The first kappa shape index (κ1) is 12.9. The molecule has 0 aromatic heterocycles. The van der Waals surface area contributed by atoms with Crippen molar-refractivity contribution < 1.29 is 19.7 Å². The minimum absolute atomic E-state index is 0.00199. The number of hydrogen-bond acceptors (Lipinski definition) is 4. The number of esters is 1. The Labute approximate surface area is 112 Å². The summed E-state index contributed by atoms with van der Waals surface area (Å²) in [5.41, 5.74) is 1.12. The average molecular weight is 264 g/mol. The van der Waals surface area contributed by atoms with Gasteiger partial charge in [-0.3, -0.25) is 0 Å². The minimum atomic E-state index is -0.599. The van der Waals surface area contributed by atoms with Gasteiger partial charge in [0.15, 0.2) is 0 Å². The number of carbonyl (C=O) groups excluding carboxylic acids is 1. The molecule has 1 saturated carbocycles. The smallest absolute Gasteiger partial charge is 0.334 e. The van der Waals surface area contributed by atoms with E-state index in [1.165, 1.54) is 0 Å². The van der Waals surface area contributed by atoms with E-state index >= 15 is 0 Å². The molecule has 4 nitrogen and oxygen atoms in total. The van der Waals surface area contributed by atoms with Gasteiger partial charge in [-0.2, -0.15) is 0 Å². The maximum absolute atomic E-state index is 11.6. The van der Waals surface area contributed by atoms with Gasteiger partial charge < -0.3 is 14.9 Å². The van der Waals surface area contributed by atoms with E-state index in [9.17, 15) is 15.0 Å². The monoisotopic (exact) mass is 264 g/mol. The van der Waals surface area contributed by atoms with E-state index in [4.69, 9.17) is 4.74 Å². The van der Waals surface area contributed by atoms with Crippen LogP contribution in [0.25, 0.3) is 0 Å². The minimum Gasteiger partial charge on any atom is -0.458 e. The predicted octanol–water partition coefficient (Wildman–Crippen LogP) is 1.18. The van der Waals surface area contributed by atoms with Crippen LogP contribution in [0.15, 0.2) is 23.8 Å². The van der Waals surface area contributed by atoms with Gasteiger partial charge in [-0.25, -0.2) is 4.79 Å². The zero-order valence-corrected chi connectivity index (χ0v) is 11.3. The third-order valence-corrected chi connectivity index (χ3v) is 5.24. The summed E-state index contributed by atoms with van der Waals surface area (Å²) in [5.74, 6) is -0.440. The van der Waals surface area contributed by atoms with Gasteiger partial charge in [-0.15, -0.1) is 0 Å². The van der Waals surface area contributed by atoms with Crippen molar-refractivity contribution >= 4 is 5.97 Å². The molecule has 1 heterocycles. The zero-order chi connectivity index (χ0) is 13.9. The van der Waals surface area contributed by atoms with Crippen LogP contribution in [0.4, 0.5) is 0 Å². The molecule has 0 aromatic carbocycles. The highest BCUT2D eigenvalue weighted by Crippen LogP contribution is 2.53. The highest BCUT2D eigenvalue weighted by Gasteiger charge is 2.53. The summed E-state index contributed by atoms with van der Waals surface area (Å²) in [4.78, 5) is 11.6. The topological polar surface area (TPSA) is 66.8 Å². The highest BCUT2D eigenvalue weighted by molar-refractivity contribution is 5.91. The molecule has 19 heavy (non-hydrogen) atoms. The Bertz CT molecular complexity index is 481. The first-order valence-electron chi connectivity index (χ1n) is 6.82. The standard InChI is InChI=1S/C15H20O4/c1-7-9-4-10-8(2)11(16)5-13(17)15(10,3)6-12(9)19-14(7)18/h4,8-9,11-13,16-17H,1,5-6H2,2-3H3/t8-,9-,11+,12-,13-,15-/m1/s1. The third-order valence-electron chi connectivity index (χ3n) is 5.24. The Balaban J connectivity index is 2.05. The van der Waals surface area contributed by atoms with Crippen molar-refractivity contribution in [2.24, 2.45) is 17.3 Å². The molecule has 3 aliphatic rings. The molecule has 1 saturated heterocycles. The summed E-state index contributed by atoms with van der Waals surface area (Å²) in [6.45, 7) is 7.77. The first-order valence-corrected chi connectivity index (χ1v) is 6.82. The second-order valence-corrected chi connectivity index (χ2v) is 6.35. The maximum atomic E-state index is 11.6. The lowest BCUT2D eigenvalue weighted by atomic mass is 9.58. The predicted molar refractivity (Wildman–Crippen MR) is 69.1 cm³/mol. The Kier molecular flexibility index (Phi) is 2.67. The molecular formula is C15H20O4. The SMILES string of the molecule is C=C1C(=O)O[C@@H]2C[C@]3(C)C(=C[C@H]12)[C@@H](C)[C@@H](O)C[C@H]3O. The van der Waals surface area contributed by atoms with Crippen LogP contribution in [0.2, 0.25) is 0 Å². The second kappa shape index (κ2) is 3.93. The number of fused-ring (bicyclic) bond motifs is 2. The third kappa shape index (κ3) is 1.63. The zero-order valence-electron chi connectivity index (χ0n) is 11.3. The van der Waals surface area contributed by atoms with Crippen LogP contribution in [0, 0.1) is 17.3 Å². The molecule has 3 rings (SSSR count). The van der Waals surface area contributed by atoms with Gasteiger partial charge in [0.05, 0.1) is 12.2 Å². The molecule has 0 bridgehead atoms. The van der Waals surface area contributed by atoms with E-state index in [1.54, 1.807) is 0 Å². The molecule has 2 N–H and O–H groups in total. The van der Waals surface area contributed by atoms with Crippen LogP contribution < -0.4 is 0 Å². The maximum Gasteiger partial charge on any atom is 0.334 e. The quantitative estimate of drug-likeness (QED) is 0.392. The van der Waals surface area contributed by atoms with E-state index in [2.05, 4.69) is 6.58 Å². The van der Waals surface area contributed by atoms with Crippen LogP contribution >= 0.6 is 0 Å². The first-order chi connectivity index (χ1) is 8.84. The molecular weight excluding hydrogens is 244 g/mol. The van der Waals surface area contributed by atoms with E-state index in [-0.39, 0.29) is 23.9 Å². The van der Waals surface area contributed by atoms with Gasteiger partial charge >= 0.3 is 5.97 Å². The Morgan fingerprint density at radius 2 is 2.16 bits per heavy atom. The average Bonchev–Trinajstić information content (AvgIpc) is 2.61. The number of aliphatic hydroxyl groups is 2. The summed E-state index contributed by atoms with van der Waals surface area (Å²) < 4.78 is 5.35. The number of carbonyl (C=O) groups is 1. The molecule has 2 fully saturated rings. The molecule has 6 atom stereocenters. The van der Waals surface area contributed by atoms with Crippen LogP contribution in [0.1, 0.15) is 26.7 Å². The van der Waals surface area contributed by atoms with E-state index < -0.39 is 17.6 Å². The fourth-order valence-corrected chi connectivity index (χ4v) is 3.84. The van der Waals surface area contributed by atoms with Crippen molar-refractivity contribution in [1.82, 2.24) is 0 Å². The summed E-state index contributed by atoms with van der Waals surface area (Å²) in [7, 11) is 0. The van der Waals surface area contributed by atoms with Gasteiger partial charge in [0.1, 0.15) is 6.10 Å². The van der Waals surface area contributed by atoms with Crippen LogP contribution in [-0.4, -0.2) is 34.5 Å². The molecule has 4 heteroatoms. The molecule has 0 spiro atoms. The summed E-state index contributed by atoms with van der Waals surface area (Å²) in [5, 5.41) is 20.4. The van der Waals surface area contributed by atoms with Gasteiger partial charge in [-0.05, 0) is 6.42 Å². The van der Waals surface area contributed by atoms with Crippen LogP contribution in [-0.2, 0) is 9.53 Å². The Morgan fingerprint density at radius 1 is 1.47 bits per heavy atom. The molecule has 0 unspecified atom stereocenters. The number of rotatable bonds is 0. The van der Waals surface area contributed by atoms with E-state index in [0.717, 1.165) is 5.57 Å². The fourth-order valence-electron chi connectivity index (χ4n) is 3.84. The van der Waals surface area contributed by atoms with Crippen LogP contribution in [0.3, 0.4) is 0 Å². The van der Waals surface area contributed by atoms with E-state index in [1.807, 2.05) is 19.9 Å². The van der Waals surface area contributed by atoms with Gasteiger partial charge in [0.2, 0.25) is 0 Å². The fraction of sp³-hybridized carbons (Fsp3) is 0.667. The summed E-state index contributed by atoms with van der Waals surface area (Å²) >= 11 is 0. The second-order valence-electron chi connectivity index (χ2n) is 6.35. The number of aliphatic hydroxyl groups excluding tert-OH is 2. The van der Waals surface area contributed by atoms with Crippen molar-refractivity contribution in [3.05, 3.63) is 23.8 Å². The lowest BCUT2D eigenvalue weighted by Gasteiger charge is -2.50. The van der Waals surface area contributed by atoms with Crippen molar-refractivity contribution in [2.75, 3.05) is 0 Å². The normalized spacial score (nSPS) is 49.3. The lowest BCUT2D eigenvalue weighted by molar-refractivity contribution is -0.142. The number of hydrogen-bond donors (Lipinski definition) is 2. The van der Waals surface area contributed by atoms with Gasteiger partial charge in [0.25, 0.3) is 0 Å². The van der Waals surface area contributed by atoms with Crippen LogP contribution in [0.5, 0.6) is 0 Å². The van der Waals surface area contributed by atoms with Crippen molar-refractivity contribution in [3.63, 3.8) is 0 Å². The highest BCUT2D eigenvalue weighted by atomic mass is 16.6. The molecule has 0 aromatic rings. The summed E-state index contributed by atoms with van der Waals surface area (Å²) in [6.07, 6.45) is 1.63. The molecule has 2 aliphatic carbocycles. The summed E-state index contributed by atoms with van der Waals surface area (Å²) in [6, 6.07) is 0. The van der Waals surface area contributed by atoms with Gasteiger partial charge in [0, 0.05) is 29.2 Å². The Morgan fingerprint density at radius 3 is 2.84 bits per heavy atom.